The van der Waals surface area contributed by atoms with Crippen LogP contribution in [-0.4, -0.2) is 16.7 Å². The van der Waals surface area contributed by atoms with Gasteiger partial charge in [-0.15, -0.1) is 0 Å². The van der Waals surface area contributed by atoms with Crippen molar-refractivity contribution < 1.29 is 14.3 Å². The molecule has 1 aromatic heterocycles. The van der Waals surface area contributed by atoms with Gasteiger partial charge in [0.1, 0.15) is 5.75 Å². The topological polar surface area (TPSA) is 59.2 Å². The Bertz CT molecular complexity index is 904. The Labute approximate surface area is 134 Å². The predicted molar refractivity (Wildman–Crippen MR) is 89.8 cm³/mol. The third kappa shape index (κ3) is 2.88. The number of fused-ring (bicyclic) bond motifs is 1. The number of rotatable bonds is 3. The predicted octanol–water partition coefficient (Wildman–Crippen LogP) is 4.27. The summed E-state index contributed by atoms with van der Waals surface area (Å²) in [6.07, 6.45) is 0. The van der Waals surface area contributed by atoms with Gasteiger partial charge in [-0.2, -0.15) is 0 Å². The molecule has 0 aliphatic heterocycles. The van der Waals surface area contributed by atoms with E-state index in [1.54, 1.807) is 19.1 Å². The molecule has 1 heterocycles. The largest absolute Gasteiger partial charge is 0.427 e. The van der Waals surface area contributed by atoms with Gasteiger partial charge in [0.05, 0.1) is 0 Å². The van der Waals surface area contributed by atoms with Gasteiger partial charge in [-0.3, -0.25) is 9.59 Å². The normalized spacial score (nSPS) is 10.7. The molecule has 1 N–H and O–H groups in total. The van der Waals surface area contributed by atoms with Crippen LogP contribution in [0.4, 0.5) is 0 Å². The second-order valence-corrected chi connectivity index (χ2v) is 5.56. The molecule has 0 aliphatic carbocycles. The van der Waals surface area contributed by atoms with Crippen molar-refractivity contribution in [1.29, 1.82) is 0 Å². The summed E-state index contributed by atoms with van der Waals surface area (Å²) in [6.45, 7) is 4.97. The van der Waals surface area contributed by atoms with Gasteiger partial charge in [0.2, 0.25) is 0 Å². The summed E-state index contributed by atoms with van der Waals surface area (Å²) in [4.78, 5) is 25.9. The van der Waals surface area contributed by atoms with Crippen molar-refractivity contribution in [2.24, 2.45) is 0 Å². The summed E-state index contributed by atoms with van der Waals surface area (Å²) < 4.78 is 5.05. The molecule has 0 atom stereocenters. The van der Waals surface area contributed by atoms with E-state index in [-0.39, 0.29) is 11.8 Å². The van der Waals surface area contributed by atoms with E-state index in [1.807, 2.05) is 37.3 Å². The smallest absolute Gasteiger partial charge is 0.308 e. The number of Topliss-reactive ketones (excluding diaryl/α,β-unsaturated/α-hetero) is 1. The summed E-state index contributed by atoms with van der Waals surface area (Å²) in [5.41, 5.74) is 4.78. The molecule has 0 radical (unpaired) electrons. The van der Waals surface area contributed by atoms with E-state index in [0.29, 0.717) is 11.3 Å². The Morgan fingerprint density at radius 2 is 1.70 bits per heavy atom. The minimum absolute atomic E-state index is 0.0554. The highest BCUT2D eigenvalue weighted by atomic mass is 16.5. The minimum Gasteiger partial charge on any atom is -0.427 e. The summed E-state index contributed by atoms with van der Waals surface area (Å²) in [5.74, 6) is 0.241. The molecular formula is C19H17NO3. The van der Waals surface area contributed by atoms with Crippen LogP contribution in [0.15, 0.2) is 42.5 Å². The minimum atomic E-state index is -0.337. The zero-order valence-corrected chi connectivity index (χ0v) is 13.3. The summed E-state index contributed by atoms with van der Waals surface area (Å²) >= 11 is 0. The molecule has 116 valence electrons. The van der Waals surface area contributed by atoms with Gasteiger partial charge in [0.15, 0.2) is 5.78 Å². The molecule has 0 amide bonds. The van der Waals surface area contributed by atoms with Crippen molar-refractivity contribution in [1.82, 2.24) is 4.98 Å². The second kappa shape index (κ2) is 5.72. The molecule has 2 aromatic carbocycles. The van der Waals surface area contributed by atoms with Crippen LogP contribution in [0.1, 0.15) is 29.8 Å². The van der Waals surface area contributed by atoms with Gasteiger partial charge in [-0.25, -0.2) is 0 Å². The molecule has 0 unspecified atom stereocenters. The highest BCUT2D eigenvalue weighted by Crippen LogP contribution is 2.31. The molecule has 23 heavy (non-hydrogen) atoms. The maximum atomic E-state index is 11.6. The number of ether oxygens (including phenoxy) is 1. The van der Waals surface area contributed by atoms with Gasteiger partial charge in [0, 0.05) is 29.1 Å². The lowest BCUT2D eigenvalue weighted by atomic mass is 10.0. The van der Waals surface area contributed by atoms with E-state index in [9.17, 15) is 9.59 Å². The second-order valence-electron chi connectivity index (χ2n) is 5.56. The molecule has 0 saturated heterocycles. The third-order valence-electron chi connectivity index (χ3n) is 3.87. The average molecular weight is 307 g/mol. The Balaban J connectivity index is 2.04. The van der Waals surface area contributed by atoms with Crippen LogP contribution in [0, 0.1) is 6.92 Å². The maximum absolute atomic E-state index is 11.6. The van der Waals surface area contributed by atoms with Crippen molar-refractivity contribution in [3.05, 3.63) is 53.6 Å². The van der Waals surface area contributed by atoms with Gasteiger partial charge in [-0.1, -0.05) is 0 Å². The maximum Gasteiger partial charge on any atom is 0.308 e. The van der Waals surface area contributed by atoms with E-state index in [1.165, 1.54) is 6.92 Å². The molecule has 4 heteroatoms. The van der Waals surface area contributed by atoms with Crippen LogP contribution in [0.3, 0.4) is 0 Å². The van der Waals surface area contributed by atoms with E-state index in [2.05, 4.69) is 4.98 Å². The molecule has 0 spiro atoms. The SMILES string of the molecule is CC(=O)Oc1ccc(-c2[nH]c3ccc(C(C)=O)cc3c2C)cc1. The van der Waals surface area contributed by atoms with Crippen LogP contribution in [-0.2, 0) is 4.79 Å². The lowest BCUT2D eigenvalue weighted by molar-refractivity contribution is -0.131. The lowest BCUT2D eigenvalue weighted by Crippen LogP contribution is -2.00. The third-order valence-corrected chi connectivity index (χ3v) is 3.87. The number of H-pyrrole nitrogens is 1. The molecular weight excluding hydrogens is 290 g/mol. The number of carbonyl (C=O) groups is 2. The monoisotopic (exact) mass is 307 g/mol. The van der Waals surface area contributed by atoms with Gasteiger partial charge < -0.3 is 9.72 Å². The van der Waals surface area contributed by atoms with Crippen LogP contribution in [0.5, 0.6) is 5.75 Å². The zero-order valence-electron chi connectivity index (χ0n) is 13.3. The zero-order chi connectivity index (χ0) is 16.6. The number of ketones is 1. The van der Waals surface area contributed by atoms with Crippen molar-refractivity contribution in [2.45, 2.75) is 20.8 Å². The number of benzene rings is 2. The van der Waals surface area contributed by atoms with Gasteiger partial charge in [-0.05, 0) is 67.4 Å². The number of hydrogen-bond donors (Lipinski definition) is 1. The summed E-state index contributed by atoms with van der Waals surface area (Å²) in [7, 11) is 0. The first-order valence-corrected chi connectivity index (χ1v) is 7.38. The fraction of sp³-hybridized carbons (Fsp3) is 0.158. The molecule has 0 bridgehead atoms. The fourth-order valence-corrected chi connectivity index (χ4v) is 2.69. The molecule has 3 rings (SSSR count). The Morgan fingerprint density at radius 3 is 2.30 bits per heavy atom. The van der Waals surface area contributed by atoms with Crippen molar-refractivity contribution in [3.63, 3.8) is 0 Å². The molecule has 0 fully saturated rings. The summed E-state index contributed by atoms with van der Waals surface area (Å²) in [5, 5.41) is 1.04. The van der Waals surface area contributed by atoms with Crippen molar-refractivity contribution in [2.75, 3.05) is 0 Å². The number of esters is 1. The highest BCUT2D eigenvalue weighted by molar-refractivity contribution is 6.00. The molecule has 0 saturated carbocycles. The first kappa shape index (κ1) is 15.0. The van der Waals surface area contributed by atoms with E-state index in [0.717, 1.165) is 27.7 Å². The van der Waals surface area contributed by atoms with E-state index >= 15 is 0 Å². The van der Waals surface area contributed by atoms with Crippen molar-refractivity contribution in [3.8, 4) is 17.0 Å². The number of aromatic nitrogens is 1. The fourth-order valence-electron chi connectivity index (χ4n) is 2.69. The van der Waals surface area contributed by atoms with E-state index in [4.69, 9.17) is 4.74 Å². The summed E-state index contributed by atoms with van der Waals surface area (Å²) in [6, 6.07) is 13.0. The first-order valence-electron chi connectivity index (χ1n) is 7.38. The first-order chi connectivity index (χ1) is 11.0. The number of carbonyl (C=O) groups excluding carboxylic acids is 2. The van der Waals surface area contributed by atoms with Crippen molar-refractivity contribution >= 4 is 22.7 Å². The molecule has 0 aliphatic rings. The number of aromatic amines is 1. The molecule has 4 nitrogen and oxygen atoms in total. The highest BCUT2D eigenvalue weighted by Gasteiger charge is 2.11. The number of hydrogen-bond acceptors (Lipinski definition) is 3. The van der Waals surface area contributed by atoms with E-state index < -0.39 is 0 Å². The standard InChI is InChI=1S/C19H17NO3/c1-11-17-10-15(12(2)21)6-9-18(17)20-19(11)14-4-7-16(8-5-14)23-13(3)22/h4-10,20H,1-3H3. The lowest BCUT2D eigenvalue weighted by Gasteiger charge is -2.04. The Hall–Kier alpha value is -2.88. The van der Waals surface area contributed by atoms with Gasteiger partial charge >= 0.3 is 5.97 Å². The average Bonchev–Trinajstić information content (AvgIpc) is 2.84. The van der Waals surface area contributed by atoms with Crippen LogP contribution in [0.25, 0.3) is 22.2 Å². The van der Waals surface area contributed by atoms with Gasteiger partial charge in [0.25, 0.3) is 0 Å². The van der Waals surface area contributed by atoms with Crippen LogP contribution < -0.4 is 4.74 Å². The van der Waals surface area contributed by atoms with Crippen LogP contribution >= 0.6 is 0 Å². The van der Waals surface area contributed by atoms with Crippen LogP contribution in [0.2, 0.25) is 0 Å². The number of nitrogens with one attached hydrogen (secondary N) is 1. The Morgan fingerprint density at radius 1 is 1.00 bits per heavy atom. The Kier molecular flexibility index (Phi) is 3.74. The number of aryl methyl sites for hydroxylation is 1. The quantitative estimate of drug-likeness (QED) is 0.446. The molecule has 3 aromatic rings.